The van der Waals surface area contributed by atoms with Gasteiger partial charge in [-0.3, -0.25) is 14.2 Å². The predicted molar refractivity (Wildman–Crippen MR) is 249 cm³/mol. The van der Waals surface area contributed by atoms with E-state index in [0.29, 0.717) is 23.9 Å². The standard InChI is InChI=1S/C50H86NO8P/c1-6-8-10-12-14-16-18-20-22-24-25-27-29-31-33-35-37-39-41-43-50(53)59-48(47-58-60(54,55)57-45-44-51(3,4)5)46-56-49(52)42-40-38-36-34-32-30-28-26-23-21-19-17-15-13-11-9-7-2/h8,10,14-17,20-23,25,27,31,33,48H,6-7,9,11-13,18-19,24,26,28-30,32,34-47H2,1-5H3/b10-8-,16-14-,17-15-,22-20-,23-21-,27-25-,33-31-/t48-/m1/s1. The summed E-state index contributed by atoms with van der Waals surface area (Å²) >= 11 is 0. The minimum atomic E-state index is -4.64. The van der Waals surface area contributed by atoms with E-state index in [4.69, 9.17) is 18.5 Å². The molecule has 0 amide bonds. The zero-order chi connectivity index (χ0) is 44.3. The second kappa shape index (κ2) is 41.5. The summed E-state index contributed by atoms with van der Waals surface area (Å²) in [4.78, 5) is 37.6. The van der Waals surface area contributed by atoms with Crippen LogP contribution in [0.5, 0.6) is 0 Å². The summed E-state index contributed by atoms with van der Waals surface area (Å²) in [5, 5.41) is 0. The third-order valence-corrected chi connectivity index (χ3v) is 10.4. The predicted octanol–water partition coefficient (Wildman–Crippen LogP) is 12.9. The van der Waals surface area contributed by atoms with Crippen LogP contribution in [0, 0.1) is 0 Å². The van der Waals surface area contributed by atoms with Crippen molar-refractivity contribution in [3.05, 3.63) is 85.1 Å². The number of esters is 2. The monoisotopic (exact) mass is 860 g/mol. The number of hydrogen-bond acceptors (Lipinski definition) is 8. The van der Waals surface area contributed by atoms with Crippen molar-refractivity contribution in [1.82, 2.24) is 0 Å². The van der Waals surface area contributed by atoms with Gasteiger partial charge in [0.1, 0.15) is 19.8 Å². The average Bonchev–Trinajstić information content (AvgIpc) is 3.20. The number of allylic oxidation sites excluding steroid dienone is 14. The summed E-state index contributed by atoms with van der Waals surface area (Å²) in [5.41, 5.74) is 0. The number of rotatable bonds is 41. The van der Waals surface area contributed by atoms with Crippen LogP contribution in [-0.4, -0.2) is 70.0 Å². The molecule has 60 heavy (non-hydrogen) atoms. The third-order valence-electron chi connectivity index (χ3n) is 9.40. The molecule has 0 radical (unpaired) electrons. The first-order valence-corrected chi connectivity index (χ1v) is 24.8. The van der Waals surface area contributed by atoms with Gasteiger partial charge in [0.05, 0.1) is 27.7 Å². The van der Waals surface area contributed by atoms with Crippen LogP contribution >= 0.6 is 7.82 Å². The van der Waals surface area contributed by atoms with E-state index < -0.39 is 32.5 Å². The molecule has 0 aromatic carbocycles. The molecule has 0 heterocycles. The normalized spacial score (nSPS) is 14.3. The van der Waals surface area contributed by atoms with Crippen LogP contribution in [0.3, 0.4) is 0 Å². The number of carbonyl (C=O) groups excluding carboxylic acids is 2. The topological polar surface area (TPSA) is 111 Å². The Bertz CT molecular complexity index is 1290. The Morgan fingerprint density at radius 2 is 0.950 bits per heavy atom. The van der Waals surface area contributed by atoms with E-state index in [0.717, 1.165) is 83.5 Å². The zero-order valence-corrected chi connectivity index (χ0v) is 39.5. The van der Waals surface area contributed by atoms with Crippen molar-refractivity contribution in [2.45, 2.75) is 174 Å². The largest absolute Gasteiger partial charge is 0.756 e. The van der Waals surface area contributed by atoms with Crippen molar-refractivity contribution in [2.24, 2.45) is 0 Å². The maximum atomic E-state index is 12.7. The van der Waals surface area contributed by atoms with Gasteiger partial charge in [0.2, 0.25) is 0 Å². The van der Waals surface area contributed by atoms with Gasteiger partial charge in [0, 0.05) is 12.8 Å². The van der Waals surface area contributed by atoms with Crippen molar-refractivity contribution in [3.8, 4) is 0 Å². The van der Waals surface area contributed by atoms with Crippen LogP contribution in [0.25, 0.3) is 0 Å². The number of phosphoric acid groups is 1. The van der Waals surface area contributed by atoms with Crippen molar-refractivity contribution in [1.29, 1.82) is 0 Å². The Morgan fingerprint density at radius 3 is 1.43 bits per heavy atom. The molecule has 0 spiro atoms. The molecule has 2 atom stereocenters. The molecule has 0 aliphatic carbocycles. The molecule has 9 nitrogen and oxygen atoms in total. The lowest BCUT2D eigenvalue weighted by Crippen LogP contribution is -2.37. The smallest absolute Gasteiger partial charge is 0.306 e. The Kier molecular flexibility index (Phi) is 39.6. The lowest BCUT2D eigenvalue weighted by atomic mass is 10.1. The molecule has 0 aliphatic rings. The Balaban J connectivity index is 4.42. The van der Waals surface area contributed by atoms with E-state index in [1.807, 2.05) is 21.1 Å². The van der Waals surface area contributed by atoms with Crippen LogP contribution in [0.15, 0.2) is 85.1 Å². The molecule has 10 heteroatoms. The van der Waals surface area contributed by atoms with Gasteiger partial charge < -0.3 is 27.9 Å². The molecule has 0 bridgehead atoms. The van der Waals surface area contributed by atoms with Crippen molar-refractivity contribution in [2.75, 3.05) is 47.5 Å². The van der Waals surface area contributed by atoms with Crippen LogP contribution in [0.4, 0.5) is 0 Å². The van der Waals surface area contributed by atoms with Gasteiger partial charge in [-0.05, 0) is 89.9 Å². The molecule has 0 saturated carbocycles. The number of unbranched alkanes of at least 4 members (excludes halogenated alkanes) is 13. The highest BCUT2D eigenvalue weighted by molar-refractivity contribution is 7.45. The second-order valence-electron chi connectivity index (χ2n) is 16.4. The third kappa shape index (κ3) is 44.7. The summed E-state index contributed by atoms with van der Waals surface area (Å²) in [6.45, 7) is 4.02. The molecule has 344 valence electrons. The maximum Gasteiger partial charge on any atom is 0.306 e. The molecule has 0 aliphatic heterocycles. The van der Waals surface area contributed by atoms with Gasteiger partial charge in [-0.2, -0.15) is 0 Å². The Hall–Kier alpha value is -2.81. The van der Waals surface area contributed by atoms with Gasteiger partial charge in [0.25, 0.3) is 7.82 Å². The highest BCUT2D eigenvalue weighted by Gasteiger charge is 2.21. The van der Waals surface area contributed by atoms with Crippen LogP contribution in [0.2, 0.25) is 0 Å². The second-order valence-corrected chi connectivity index (χ2v) is 17.8. The summed E-state index contributed by atoms with van der Waals surface area (Å²) in [7, 11) is 1.12. The fourth-order valence-corrected chi connectivity index (χ4v) is 6.50. The molecule has 0 aromatic rings. The highest BCUT2D eigenvalue weighted by Crippen LogP contribution is 2.38. The number of hydrogen-bond donors (Lipinski definition) is 0. The number of nitrogens with zero attached hydrogens (tertiary/aromatic N) is 1. The Labute approximate surface area is 367 Å². The minimum Gasteiger partial charge on any atom is -0.756 e. The lowest BCUT2D eigenvalue weighted by Gasteiger charge is -2.28. The molecular weight excluding hydrogens is 774 g/mol. The van der Waals surface area contributed by atoms with Gasteiger partial charge in [-0.15, -0.1) is 0 Å². The first kappa shape index (κ1) is 57.2. The number of ether oxygens (including phenoxy) is 2. The van der Waals surface area contributed by atoms with E-state index >= 15 is 0 Å². The summed E-state index contributed by atoms with van der Waals surface area (Å²) in [5.74, 6) is -0.888. The molecular formula is C50H86NO8P. The summed E-state index contributed by atoms with van der Waals surface area (Å²) < 4.78 is 33.9. The molecule has 0 aromatic heterocycles. The maximum absolute atomic E-state index is 12.7. The minimum absolute atomic E-state index is 0.0436. The molecule has 0 fully saturated rings. The van der Waals surface area contributed by atoms with E-state index in [1.165, 1.54) is 44.9 Å². The quantitative estimate of drug-likeness (QED) is 0.0196. The van der Waals surface area contributed by atoms with E-state index in [9.17, 15) is 19.0 Å². The Morgan fingerprint density at radius 1 is 0.533 bits per heavy atom. The van der Waals surface area contributed by atoms with E-state index in [2.05, 4.69) is 98.9 Å². The van der Waals surface area contributed by atoms with Crippen LogP contribution in [-0.2, 0) is 32.7 Å². The summed E-state index contributed by atoms with van der Waals surface area (Å²) in [6, 6.07) is 0. The summed E-state index contributed by atoms with van der Waals surface area (Å²) in [6.07, 6.45) is 53.2. The molecule has 0 N–H and O–H groups in total. The number of phosphoric ester groups is 1. The average molecular weight is 860 g/mol. The van der Waals surface area contributed by atoms with Crippen molar-refractivity contribution in [3.63, 3.8) is 0 Å². The van der Waals surface area contributed by atoms with Gasteiger partial charge >= 0.3 is 11.9 Å². The van der Waals surface area contributed by atoms with Crippen molar-refractivity contribution >= 4 is 19.8 Å². The van der Waals surface area contributed by atoms with Gasteiger partial charge in [0.15, 0.2) is 6.10 Å². The van der Waals surface area contributed by atoms with Crippen LogP contribution < -0.4 is 4.89 Å². The fourth-order valence-electron chi connectivity index (χ4n) is 5.77. The lowest BCUT2D eigenvalue weighted by molar-refractivity contribution is -0.870. The number of quaternary nitrogens is 1. The van der Waals surface area contributed by atoms with Crippen molar-refractivity contribution < 1.29 is 42.1 Å². The molecule has 0 rings (SSSR count). The zero-order valence-electron chi connectivity index (χ0n) is 38.6. The van der Waals surface area contributed by atoms with Crippen LogP contribution in [0.1, 0.15) is 168 Å². The fraction of sp³-hybridized carbons (Fsp3) is 0.680. The molecule has 0 saturated heterocycles. The van der Waals surface area contributed by atoms with E-state index in [1.54, 1.807) is 0 Å². The number of likely N-dealkylation sites (N-methyl/N-ethyl adjacent to an activating group) is 1. The van der Waals surface area contributed by atoms with E-state index in [-0.39, 0.29) is 26.1 Å². The number of carbonyl (C=O) groups is 2. The van der Waals surface area contributed by atoms with Gasteiger partial charge in [-0.25, -0.2) is 0 Å². The highest BCUT2D eigenvalue weighted by atomic mass is 31.2. The molecule has 1 unspecified atom stereocenters. The first-order valence-electron chi connectivity index (χ1n) is 23.3. The first-order chi connectivity index (χ1) is 29.0. The van der Waals surface area contributed by atoms with Gasteiger partial charge in [-0.1, -0.05) is 150 Å². The SMILES string of the molecule is CC/C=C\C/C=C\C/C=C\C/C=C\C/C=C\CCCCCC(=O)O[C@H](COC(=O)CCCCCCCCC/C=C\C/C=C\CCCCC)COP(=O)([O-])OCC[N+](C)(C)C.